The number of fused-ring (bicyclic) bond motifs is 1. The number of rotatable bonds is 0. The molecule has 58 valence electrons. The topological polar surface area (TPSA) is 21.6 Å². The Labute approximate surface area is 85.4 Å². The van der Waals surface area contributed by atoms with Gasteiger partial charge in [-0.3, -0.25) is 4.18 Å². The van der Waals surface area contributed by atoms with Gasteiger partial charge in [0.15, 0.2) is 0 Å². The van der Waals surface area contributed by atoms with Gasteiger partial charge < -0.3 is 0 Å². The summed E-state index contributed by atoms with van der Waals surface area (Å²) in [5.74, 6) is 0. The van der Waals surface area contributed by atoms with Crippen molar-refractivity contribution < 1.29 is 4.18 Å². The summed E-state index contributed by atoms with van der Waals surface area (Å²) in [6, 6.07) is 0. The van der Waals surface area contributed by atoms with Crippen molar-refractivity contribution in [3.63, 3.8) is 0 Å². The fourth-order valence-corrected chi connectivity index (χ4v) is 2.58. The van der Waals surface area contributed by atoms with E-state index in [2.05, 4.69) is 36.3 Å². The van der Waals surface area contributed by atoms with Crippen LogP contribution in [0.15, 0.2) is 25.5 Å². The van der Waals surface area contributed by atoms with Crippen molar-refractivity contribution in [2.24, 2.45) is 4.40 Å². The summed E-state index contributed by atoms with van der Waals surface area (Å²) in [6.45, 7) is 0. The van der Waals surface area contributed by atoms with E-state index in [1.54, 1.807) is 0 Å². The summed E-state index contributed by atoms with van der Waals surface area (Å²) >= 11 is 7.93. The Balaban J connectivity index is 2.42. The van der Waals surface area contributed by atoms with Crippen LogP contribution in [-0.2, 0) is 4.18 Å². The van der Waals surface area contributed by atoms with E-state index in [1.807, 2.05) is 12.2 Å². The first kappa shape index (κ1) is 8.04. The molecule has 0 N–H and O–H groups in total. The van der Waals surface area contributed by atoms with Crippen molar-refractivity contribution in [2.45, 2.75) is 6.10 Å². The number of hydrogen-bond acceptors (Lipinski definition) is 3. The van der Waals surface area contributed by atoms with E-state index in [0.29, 0.717) is 0 Å². The monoisotopic (exact) mass is 295 g/mol. The molecule has 1 atom stereocenters. The lowest BCUT2D eigenvalue weighted by molar-refractivity contribution is 0.379. The molecule has 0 bridgehead atoms. The molecule has 0 aromatic carbocycles. The van der Waals surface area contributed by atoms with Gasteiger partial charge in [0, 0.05) is 8.96 Å². The van der Waals surface area contributed by atoms with Crippen LogP contribution < -0.4 is 0 Å². The van der Waals surface area contributed by atoms with Crippen LogP contribution >= 0.6 is 44.1 Å². The summed E-state index contributed by atoms with van der Waals surface area (Å²) in [5.41, 5.74) is 0.948. The van der Waals surface area contributed by atoms with E-state index in [-0.39, 0.29) is 6.10 Å². The minimum Gasteiger partial charge on any atom is -0.280 e. The van der Waals surface area contributed by atoms with Crippen molar-refractivity contribution in [1.29, 1.82) is 0 Å². The highest BCUT2D eigenvalue weighted by atomic mass is 79.9. The van der Waals surface area contributed by atoms with Gasteiger partial charge in [0.1, 0.15) is 24.0 Å². The molecule has 0 saturated carbocycles. The van der Waals surface area contributed by atoms with E-state index < -0.39 is 0 Å². The molecule has 2 aliphatic rings. The first-order valence-corrected chi connectivity index (χ1v) is 5.21. The van der Waals surface area contributed by atoms with Gasteiger partial charge in [-0.2, -0.15) is 4.40 Å². The van der Waals surface area contributed by atoms with Crippen molar-refractivity contribution in [2.75, 3.05) is 0 Å². The van der Waals surface area contributed by atoms with E-state index in [9.17, 15) is 0 Å². The lowest BCUT2D eigenvalue weighted by atomic mass is 10.1. The van der Waals surface area contributed by atoms with E-state index >= 15 is 0 Å². The molecule has 0 spiro atoms. The number of allylic oxidation sites excluding steroid dienone is 2. The summed E-state index contributed by atoms with van der Waals surface area (Å²) in [4.78, 5) is 0. The second-order valence-corrected chi connectivity index (χ2v) is 4.39. The second-order valence-electron chi connectivity index (χ2n) is 2.09. The highest BCUT2D eigenvalue weighted by molar-refractivity contribution is 9.12. The molecule has 0 aromatic rings. The first-order chi connectivity index (χ1) is 5.29. The smallest absolute Gasteiger partial charge is 0.149 e. The maximum absolute atomic E-state index is 5.27. The van der Waals surface area contributed by atoms with Crippen LogP contribution in [0.4, 0.5) is 0 Å². The van der Waals surface area contributed by atoms with Gasteiger partial charge >= 0.3 is 0 Å². The highest BCUT2D eigenvalue weighted by Gasteiger charge is 2.29. The Morgan fingerprint density at radius 2 is 2.27 bits per heavy atom. The maximum Gasteiger partial charge on any atom is 0.149 e. The summed E-state index contributed by atoms with van der Waals surface area (Å²) in [6.07, 6.45) is 3.90. The Kier molecular flexibility index (Phi) is 2.23. The summed E-state index contributed by atoms with van der Waals surface area (Å²) < 4.78 is 11.4. The molecule has 1 heterocycles. The van der Waals surface area contributed by atoms with Crippen LogP contribution in [0.2, 0.25) is 0 Å². The zero-order valence-corrected chi connectivity index (χ0v) is 9.24. The molecule has 1 unspecified atom stereocenters. The zero-order chi connectivity index (χ0) is 7.84. The molecular weight excluding hydrogens is 294 g/mol. The molecule has 1 aliphatic heterocycles. The Hall–Kier alpha value is 0.420. The van der Waals surface area contributed by atoms with Gasteiger partial charge in [-0.05, 0) is 28.1 Å². The lowest BCUT2D eigenvalue weighted by Crippen LogP contribution is -2.20. The molecule has 5 heteroatoms. The molecule has 0 aromatic heterocycles. The SMILES string of the molecule is BrC1=CC=C(Br)C2OSN=C12. The lowest BCUT2D eigenvalue weighted by Gasteiger charge is -2.13. The van der Waals surface area contributed by atoms with Gasteiger partial charge in [0.05, 0.1) is 0 Å². The molecule has 0 amide bonds. The van der Waals surface area contributed by atoms with Crippen molar-refractivity contribution >= 4 is 49.8 Å². The van der Waals surface area contributed by atoms with E-state index in [4.69, 9.17) is 4.18 Å². The van der Waals surface area contributed by atoms with Crippen molar-refractivity contribution in [1.82, 2.24) is 0 Å². The summed E-state index contributed by atoms with van der Waals surface area (Å²) in [5, 5.41) is 0. The fourth-order valence-electron chi connectivity index (χ4n) is 0.869. The number of nitrogens with zero attached hydrogens (tertiary/aromatic N) is 1. The molecule has 0 radical (unpaired) electrons. The molecule has 0 saturated heterocycles. The van der Waals surface area contributed by atoms with Gasteiger partial charge in [-0.1, -0.05) is 15.9 Å². The van der Waals surface area contributed by atoms with Crippen molar-refractivity contribution in [3.8, 4) is 0 Å². The van der Waals surface area contributed by atoms with E-state index in [1.165, 1.54) is 0 Å². The second kappa shape index (κ2) is 3.05. The third kappa shape index (κ3) is 1.35. The predicted octanol–water partition coefficient (Wildman–Crippen LogP) is 2.96. The normalized spacial score (nSPS) is 28.9. The third-order valence-corrected chi connectivity index (χ3v) is 3.31. The number of halogens is 2. The maximum atomic E-state index is 5.27. The average Bonchev–Trinajstić information content (AvgIpc) is 2.45. The largest absolute Gasteiger partial charge is 0.280 e. The van der Waals surface area contributed by atoms with Crippen LogP contribution in [-0.4, -0.2) is 11.8 Å². The van der Waals surface area contributed by atoms with Crippen LogP contribution in [0, 0.1) is 0 Å². The fraction of sp³-hybridized carbons (Fsp3) is 0.167. The molecule has 2 rings (SSSR count). The quantitative estimate of drug-likeness (QED) is 0.506. The van der Waals surface area contributed by atoms with Crippen LogP contribution in [0.5, 0.6) is 0 Å². The Morgan fingerprint density at radius 3 is 3.00 bits per heavy atom. The molecule has 2 nitrogen and oxygen atoms in total. The molecule has 0 fully saturated rings. The first-order valence-electron chi connectivity index (χ1n) is 2.92. The predicted molar refractivity (Wildman–Crippen MR) is 53.9 cm³/mol. The molecular formula is C6H3Br2NOS. The van der Waals surface area contributed by atoms with Gasteiger partial charge in [-0.15, -0.1) is 0 Å². The highest BCUT2D eigenvalue weighted by Crippen LogP contribution is 2.35. The van der Waals surface area contributed by atoms with Crippen molar-refractivity contribution in [3.05, 3.63) is 21.1 Å². The summed E-state index contributed by atoms with van der Waals surface area (Å²) in [7, 11) is 0. The third-order valence-electron chi connectivity index (χ3n) is 1.41. The van der Waals surface area contributed by atoms with Crippen LogP contribution in [0.25, 0.3) is 0 Å². The Morgan fingerprint density at radius 1 is 1.45 bits per heavy atom. The molecule has 11 heavy (non-hydrogen) atoms. The van der Waals surface area contributed by atoms with Crippen LogP contribution in [0.3, 0.4) is 0 Å². The Bertz CT molecular complexity index is 284. The standard InChI is InChI=1S/C6H3Br2NOS/c7-3-1-2-4(8)6-5(3)9-11-10-6/h1-2,6H. The van der Waals surface area contributed by atoms with Crippen LogP contribution in [0.1, 0.15) is 0 Å². The number of hydrogen-bond donors (Lipinski definition) is 0. The minimum absolute atomic E-state index is 0.0145. The van der Waals surface area contributed by atoms with Gasteiger partial charge in [0.2, 0.25) is 0 Å². The zero-order valence-electron chi connectivity index (χ0n) is 5.25. The average molecular weight is 297 g/mol. The minimum atomic E-state index is -0.0145. The van der Waals surface area contributed by atoms with Gasteiger partial charge in [-0.25, -0.2) is 0 Å². The van der Waals surface area contributed by atoms with Gasteiger partial charge in [0.25, 0.3) is 0 Å². The molecule has 1 aliphatic carbocycles. The van der Waals surface area contributed by atoms with E-state index in [0.717, 1.165) is 26.9 Å².